The lowest BCUT2D eigenvalue weighted by Crippen LogP contribution is -2.17. The van der Waals surface area contributed by atoms with Gasteiger partial charge in [0.05, 0.1) is 11.4 Å². The van der Waals surface area contributed by atoms with Gasteiger partial charge in [-0.1, -0.05) is 42.5 Å². The molecule has 1 aromatic heterocycles. The SMILES string of the molecule is Cc1ccccc1OCC(=O)Oc1ccc(-c2cccc(-c3ccc(OC(=O)COc4ccccc4C)cc3)n2)cc1. The highest BCUT2D eigenvalue weighted by atomic mass is 16.6. The first-order valence-corrected chi connectivity index (χ1v) is 13.4. The van der Waals surface area contributed by atoms with Gasteiger partial charge in [-0.3, -0.25) is 0 Å². The summed E-state index contributed by atoms with van der Waals surface area (Å²) in [7, 11) is 0. The summed E-state index contributed by atoms with van der Waals surface area (Å²) in [5.74, 6) is 1.16. The van der Waals surface area contributed by atoms with E-state index < -0.39 is 11.9 Å². The van der Waals surface area contributed by atoms with Crippen LogP contribution in [0.2, 0.25) is 0 Å². The van der Waals surface area contributed by atoms with E-state index in [1.54, 1.807) is 24.3 Å². The van der Waals surface area contributed by atoms with Crippen molar-refractivity contribution in [3.8, 4) is 45.5 Å². The standard InChI is InChI=1S/C35H29NO6/c1-24-8-3-5-12-32(24)39-22-34(37)41-28-18-14-26(15-19-28)30-10-7-11-31(36-30)27-16-20-29(21-17-27)42-35(38)23-40-33-13-6-4-9-25(33)2/h3-21H,22-23H2,1-2H3. The summed E-state index contributed by atoms with van der Waals surface area (Å²) >= 11 is 0. The molecular formula is C35H29NO6. The number of pyridine rings is 1. The lowest BCUT2D eigenvalue weighted by Gasteiger charge is -2.10. The summed E-state index contributed by atoms with van der Waals surface area (Å²) in [6, 6.07) is 35.0. The minimum Gasteiger partial charge on any atom is -0.482 e. The van der Waals surface area contributed by atoms with Crippen molar-refractivity contribution in [1.82, 2.24) is 4.98 Å². The van der Waals surface area contributed by atoms with Gasteiger partial charge in [0.25, 0.3) is 0 Å². The molecule has 0 aliphatic rings. The second-order valence-electron chi connectivity index (χ2n) is 9.51. The van der Waals surface area contributed by atoms with Gasteiger partial charge in [-0.15, -0.1) is 0 Å². The van der Waals surface area contributed by atoms with Gasteiger partial charge in [0.2, 0.25) is 0 Å². The van der Waals surface area contributed by atoms with Crippen LogP contribution in [0.25, 0.3) is 22.5 Å². The van der Waals surface area contributed by atoms with Crippen LogP contribution in [-0.4, -0.2) is 30.1 Å². The van der Waals surface area contributed by atoms with Gasteiger partial charge in [-0.2, -0.15) is 0 Å². The van der Waals surface area contributed by atoms with Crippen LogP contribution in [0.15, 0.2) is 115 Å². The Hall–Kier alpha value is -5.43. The minimum absolute atomic E-state index is 0.185. The maximum Gasteiger partial charge on any atom is 0.349 e. The zero-order chi connectivity index (χ0) is 29.3. The molecule has 42 heavy (non-hydrogen) atoms. The van der Waals surface area contributed by atoms with E-state index in [1.807, 2.05) is 105 Å². The molecule has 0 unspecified atom stereocenters. The molecule has 4 aromatic carbocycles. The molecule has 0 amide bonds. The molecule has 0 radical (unpaired) electrons. The van der Waals surface area contributed by atoms with E-state index in [1.165, 1.54) is 0 Å². The van der Waals surface area contributed by atoms with Crippen molar-refractivity contribution in [1.29, 1.82) is 0 Å². The van der Waals surface area contributed by atoms with Crippen molar-refractivity contribution in [3.63, 3.8) is 0 Å². The minimum atomic E-state index is -0.487. The summed E-state index contributed by atoms with van der Waals surface area (Å²) in [5, 5.41) is 0. The summed E-state index contributed by atoms with van der Waals surface area (Å²) in [6.07, 6.45) is 0. The molecule has 0 fully saturated rings. The van der Waals surface area contributed by atoms with E-state index in [9.17, 15) is 9.59 Å². The Morgan fingerprint density at radius 3 is 1.33 bits per heavy atom. The Kier molecular flexibility index (Phi) is 8.89. The van der Waals surface area contributed by atoms with Crippen LogP contribution in [0.1, 0.15) is 11.1 Å². The Morgan fingerprint density at radius 2 is 0.929 bits per heavy atom. The summed E-state index contributed by atoms with van der Waals surface area (Å²) in [4.78, 5) is 29.3. The normalized spacial score (nSPS) is 10.5. The van der Waals surface area contributed by atoms with Crippen LogP contribution in [0.4, 0.5) is 0 Å². The van der Waals surface area contributed by atoms with E-state index in [2.05, 4.69) is 0 Å². The molecule has 0 N–H and O–H groups in total. The van der Waals surface area contributed by atoms with Gasteiger partial charge >= 0.3 is 11.9 Å². The maximum atomic E-state index is 12.2. The number of ether oxygens (including phenoxy) is 4. The van der Waals surface area contributed by atoms with Crippen molar-refractivity contribution in [2.24, 2.45) is 0 Å². The molecule has 7 heteroatoms. The number of aromatic nitrogens is 1. The third-order valence-electron chi connectivity index (χ3n) is 6.39. The van der Waals surface area contributed by atoms with Crippen molar-refractivity contribution >= 4 is 11.9 Å². The lowest BCUT2D eigenvalue weighted by atomic mass is 10.1. The fourth-order valence-electron chi connectivity index (χ4n) is 4.18. The highest BCUT2D eigenvalue weighted by Gasteiger charge is 2.11. The van der Waals surface area contributed by atoms with Gasteiger partial charge in [0.15, 0.2) is 13.2 Å². The van der Waals surface area contributed by atoms with Crippen LogP contribution in [0.3, 0.4) is 0 Å². The number of rotatable bonds is 10. The number of esters is 2. The van der Waals surface area contributed by atoms with Crippen molar-refractivity contribution in [2.75, 3.05) is 13.2 Å². The molecule has 0 spiro atoms. The quantitative estimate of drug-likeness (QED) is 0.135. The van der Waals surface area contributed by atoms with E-state index in [0.29, 0.717) is 23.0 Å². The molecule has 0 atom stereocenters. The zero-order valence-electron chi connectivity index (χ0n) is 23.3. The highest BCUT2D eigenvalue weighted by molar-refractivity contribution is 5.75. The van der Waals surface area contributed by atoms with Crippen LogP contribution in [0.5, 0.6) is 23.0 Å². The Bertz CT molecular complexity index is 1560. The number of para-hydroxylation sites is 2. The topological polar surface area (TPSA) is 84.0 Å². The molecule has 0 aliphatic heterocycles. The Labute approximate surface area is 244 Å². The molecule has 5 rings (SSSR count). The first-order valence-electron chi connectivity index (χ1n) is 13.4. The Balaban J connectivity index is 1.16. The third-order valence-corrected chi connectivity index (χ3v) is 6.39. The number of aryl methyl sites for hydroxylation is 2. The van der Waals surface area contributed by atoms with Crippen LogP contribution in [0, 0.1) is 13.8 Å². The largest absolute Gasteiger partial charge is 0.482 e. The average molecular weight is 560 g/mol. The molecule has 0 saturated heterocycles. The number of carbonyl (C=O) groups is 2. The molecule has 1 heterocycles. The highest BCUT2D eigenvalue weighted by Crippen LogP contribution is 2.26. The maximum absolute atomic E-state index is 12.2. The van der Waals surface area contributed by atoms with Crippen LogP contribution < -0.4 is 18.9 Å². The fraction of sp³-hybridized carbons (Fsp3) is 0.114. The monoisotopic (exact) mass is 559 g/mol. The van der Waals surface area contributed by atoms with E-state index >= 15 is 0 Å². The number of nitrogens with zero attached hydrogens (tertiary/aromatic N) is 1. The van der Waals surface area contributed by atoms with Crippen LogP contribution in [-0.2, 0) is 9.59 Å². The van der Waals surface area contributed by atoms with Crippen molar-refractivity contribution < 1.29 is 28.5 Å². The molecule has 0 saturated carbocycles. The molecule has 210 valence electrons. The molecular weight excluding hydrogens is 530 g/mol. The number of carbonyl (C=O) groups excluding carboxylic acids is 2. The Morgan fingerprint density at radius 1 is 0.524 bits per heavy atom. The molecule has 7 nitrogen and oxygen atoms in total. The first kappa shape index (κ1) is 28.1. The van der Waals surface area contributed by atoms with Crippen LogP contribution >= 0.6 is 0 Å². The van der Waals surface area contributed by atoms with Crippen molar-refractivity contribution in [2.45, 2.75) is 13.8 Å². The van der Waals surface area contributed by atoms with Gasteiger partial charge in [-0.25, -0.2) is 14.6 Å². The number of hydrogen-bond donors (Lipinski definition) is 0. The van der Waals surface area contributed by atoms with E-state index in [-0.39, 0.29) is 13.2 Å². The van der Waals surface area contributed by atoms with E-state index in [0.717, 1.165) is 33.6 Å². The predicted molar refractivity (Wildman–Crippen MR) is 160 cm³/mol. The second-order valence-corrected chi connectivity index (χ2v) is 9.51. The summed E-state index contributed by atoms with van der Waals surface area (Å²) in [6.45, 7) is 3.46. The predicted octanol–water partition coefficient (Wildman–Crippen LogP) is 7.00. The third kappa shape index (κ3) is 7.40. The number of hydrogen-bond acceptors (Lipinski definition) is 7. The fourth-order valence-corrected chi connectivity index (χ4v) is 4.18. The van der Waals surface area contributed by atoms with Gasteiger partial charge in [0, 0.05) is 11.1 Å². The molecule has 5 aromatic rings. The molecule has 0 bridgehead atoms. The van der Waals surface area contributed by atoms with Gasteiger partial charge < -0.3 is 18.9 Å². The smallest absolute Gasteiger partial charge is 0.349 e. The van der Waals surface area contributed by atoms with Gasteiger partial charge in [-0.05, 0) is 97.8 Å². The lowest BCUT2D eigenvalue weighted by molar-refractivity contribution is -0.137. The molecule has 0 aliphatic carbocycles. The van der Waals surface area contributed by atoms with Crippen molar-refractivity contribution in [3.05, 3.63) is 126 Å². The number of benzene rings is 4. The van der Waals surface area contributed by atoms with E-state index in [4.69, 9.17) is 23.9 Å². The summed E-state index contributed by atoms with van der Waals surface area (Å²) < 4.78 is 22.0. The average Bonchev–Trinajstić information content (AvgIpc) is 3.01. The second kappa shape index (κ2) is 13.3. The van der Waals surface area contributed by atoms with Gasteiger partial charge in [0.1, 0.15) is 23.0 Å². The summed E-state index contributed by atoms with van der Waals surface area (Å²) in [5.41, 5.74) is 5.15. The first-order chi connectivity index (χ1) is 20.4. The zero-order valence-corrected chi connectivity index (χ0v) is 23.3.